The highest BCUT2D eigenvalue weighted by Crippen LogP contribution is 2.67. The molecular formula is C29H50. The van der Waals surface area contributed by atoms with Gasteiger partial charge < -0.3 is 0 Å². The topological polar surface area (TPSA) is 0 Å². The van der Waals surface area contributed by atoms with Gasteiger partial charge in [-0.25, -0.2) is 0 Å². The van der Waals surface area contributed by atoms with E-state index in [0.29, 0.717) is 10.8 Å². The number of rotatable bonds is 6. The van der Waals surface area contributed by atoms with Crippen molar-refractivity contribution < 1.29 is 0 Å². The summed E-state index contributed by atoms with van der Waals surface area (Å²) in [5, 5.41) is 0. The Balaban J connectivity index is 1.47. The zero-order valence-electron chi connectivity index (χ0n) is 20.6. The number of hydrogen-bond acceptors (Lipinski definition) is 0. The van der Waals surface area contributed by atoms with Crippen LogP contribution >= 0.6 is 0 Å². The van der Waals surface area contributed by atoms with Crippen LogP contribution in [0.25, 0.3) is 0 Å². The fraction of sp³-hybridized carbons (Fsp3) is 0.931. The number of hydrogen-bond donors (Lipinski definition) is 0. The highest BCUT2D eigenvalue weighted by molar-refractivity contribution is 5.17. The molecule has 3 saturated carbocycles. The second-order valence-electron chi connectivity index (χ2n) is 12.7. The Morgan fingerprint density at radius 3 is 2.31 bits per heavy atom. The van der Waals surface area contributed by atoms with Gasteiger partial charge in [0.2, 0.25) is 0 Å². The zero-order valence-corrected chi connectivity index (χ0v) is 20.6. The van der Waals surface area contributed by atoms with Crippen molar-refractivity contribution >= 4 is 0 Å². The van der Waals surface area contributed by atoms with Crippen molar-refractivity contribution in [3.8, 4) is 0 Å². The van der Waals surface area contributed by atoms with E-state index in [0.717, 1.165) is 47.3 Å². The molecule has 0 aliphatic heterocycles. The second kappa shape index (κ2) is 8.35. The average molecular weight is 399 g/mol. The molecular weight excluding hydrogens is 348 g/mol. The van der Waals surface area contributed by atoms with E-state index in [1.165, 1.54) is 70.6 Å². The minimum absolute atomic E-state index is 0.613. The van der Waals surface area contributed by atoms with Gasteiger partial charge >= 0.3 is 0 Å². The summed E-state index contributed by atoms with van der Waals surface area (Å²) in [7, 11) is 0. The Bertz CT molecular complexity index is 587. The molecule has 0 spiro atoms. The van der Waals surface area contributed by atoms with E-state index in [1.54, 1.807) is 0 Å². The maximum Gasteiger partial charge on any atom is -0.0166 e. The van der Waals surface area contributed by atoms with E-state index in [9.17, 15) is 0 Å². The minimum atomic E-state index is 0.613. The fourth-order valence-electron chi connectivity index (χ4n) is 9.32. The molecule has 0 aromatic rings. The summed E-state index contributed by atoms with van der Waals surface area (Å²) in [5.74, 6) is 7.41. The Morgan fingerprint density at radius 2 is 1.59 bits per heavy atom. The number of allylic oxidation sites excluding steroid dienone is 2. The van der Waals surface area contributed by atoms with Gasteiger partial charge in [-0.05, 0) is 103 Å². The molecule has 0 heterocycles. The first-order chi connectivity index (χ1) is 13.8. The smallest absolute Gasteiger partial charge is 0.0166 e. The molecule has 4 aliphatic carbocycles. The molecule has 0 radical (unpaired) electrons. The van der Waals surface area contributed by atoms with Gasteiger partial charge in [0.25, 0.3) is 0 Å². The summed E-state index contributed by atoms with van der Waals surface area (Å²) in [5.41, 5.74) is 1.23. The van der Waals surface area contributed by atoms with Crippen molar-refractivity contribution in [1.29, 1.82) is 0 Å². The lowest BCUT2D eigenvalue weighted by atomic mass is 9.46. The molecule has 0 saturated heterocycles. The van der Waals surface area contributed by atoms with E-state index < -0.39 is 0 Å². The van der Waals surface area contributed by atoms with Gasteiger partial charge in [0.15, 0.2) is 0 Å². The predicted molar refractivity (Wildman–Crippen MR) is 127 cm³/mol. The van der Waals surface area contributed by atoms with Crippen LogP contribution in [-0.2, 0) is 0 Å². The van der Waals surface area contributed by atoms with Gasteiger partial charge in [-0.3, -0.25) is 0 Å². The van der Waals surface area contributed by atoms with Crippen molar-refractivity contribution in [3.63, 3.8) is 0 Å². The SMILES string of the molecule is CC[C@H](CC[C@@H](C)[C@H]1CC[C@H]2[C@@H]3C=CC4CCCC[C@]4(C)[C@H]3CC[C@]12C)C(C)C. The van der Waals surface area contributed by atoms with Gasteiger partial charge in [-0.15, -0.1) is 0 Å². The Hall–Kier alpha value is -0.260. The maximum absolute atomic E-state index is 2.75. The van der Waals surface area contributed by atoms with Crippen LogP contribution in [0.1, 0.15) is 112 Å². The van der Waals surface area contributed by atoms with Crippen LogP contribution < -0.4 is 0 Å². The largest absolute Gasteiger partial charge is 0.0846 e. The van der Waals surface area contributed by atoms with Crippen LogP contribution in [0.4, 0.5) is 0 Å². The molecule has 3 fully saturated rings. The average Bonchev–Trinajstić information content (AvgIpc) is 3.05. The van der Waals surface area contributed by atoms with E-state index in [2.05, 4.69) is 53.7 Å². The molecule has 4 aliphatic rings. The lowest BCUT2D eigenvalue weighted by molar-refractivity contribution is -0.0646. The molecule has 0 nitrogen and oxygen atoms in total. The van der Waals surface area contributed by atoms with Crippen molar-refractivity contribution in [2.45, 2.75) is 112 Å². The summed E-state index contributed by atoms with van der Waals surface area (Å²) in [6.07, 6.45) is 21.7. The summed E-state index contributed by atoms with van der Waals surface area (Å²) >= 11 is 0. The molecule has 166 valence electrons. The van der Waals surface area contributed by atoms with Gasteiger partial charge in [0.1, 0.15) is 0 Å². The van der Waals surface area contributed by atoms with Crippen LogP contribution in [0.15, 0.2) is 12.2 Å². The van der Waals surface area contributed by atoms with Gasteiger partial charge in [0.05, 0.1) is 0 Å². The van der Waals surface area contributed by atoms with Crippen LogP contribution in [0.5, 0.6) is 0 Å². The first kappa shape index (κ1) is 22.0. The fourth-order valence-corrected chi connectivity index (χ4v) is 9.32. The minimum Gasteiger partial charge on any atom is -0.0846 e. The summed E-state index contributed by atoms with van der Waals surface area (Å²) in [6, 6.07) is 0. The van der Waals surface area contributed by atoms with Crippen molar-refractivity contribution in [2.24, 2.45) is 58.2 Å². The Morgan fingerprint density at radius 1 is 0.828 bits per heavy atom. The van der Waals surface area contributed by atoms with E-state index >= 15 is 0 Å². The molecule has 0 N–H and O–H groups in total. The zero-order chi connectivity index (χ0) is 20.8. The van der Waals surface area contributed by atoms with Crippen molar-refractivity contribution in [1.82, 2.24) is 0 Å². The normalized spacial score (nSPS) is 46.1. The highest BCUT2D eigenvalue weighted by Gasteiger charge is 2.58. The lowest BCUT2D eigenvalue weighted by Gasteiger charge is -2.58. The van der Waals surface area contributed by atoms with Crippen molar-refractivity contribution in [2.75, 3.05) is 0 Å². The van der Waals surface area contributed by atoms with Crippen LogP contribution in [0.3, 0.4) is 0 Å². The third kappa shape index (κ3) is 3.67. The third-order valence-corrected chi connectivity index (χ3v) is 11.3. The molecule has 29 heavy (non-hydrogen) atoms. The second-order valence-corrected chi connectivity index (χ2v) is 12.7. The van der Waals surface area contributed by atoms with E-state index in [-0.39, 0.29) is 0 Å². The molecule has 0 aromatic carbocycles. The standard InChI is InChI=1S/C29H50/c1-7-22(20(2)3)12-11-21(4)25-15-16-26-24-14-13-23-10-8-9-18-28(23,5)27(24)17-19-29(25,26)6/h13-14,20-27H,7-12,15-19H2,1-6H3/t21-,22-,23?,24+,25-,26+,27+,28+,29-/m1/s1. The lowest BCUT2D eigenvalue weighted by Crippen LogP contribution is -2.51. The quantitative estimate of drug-likeness (QED) is 0.392. The molecule has 0 bridgehead atoms. The molecule has 9 atom stereocenters. The number of fused-ring (bicyclic) bond motifs is 5. The summed E-state index contributed by atoms with van der Waals surface area (Å²) < 4.78 is 0. The molecule has 0 heteroatoms. The molecule has 1 unspecified atom stereocenters. The van der Waals surface area contributed by atoms with E-state index in [4.69, 9.17) is 0 Å². The van der Waals surface area contributed by atoms with Crippen LogP contribution in [0, 0.1) is 58.2 Å². The van der Waals surface area contributed by atoms with Gasteiger partial charge in [-0.1, -0.05) is 79.4 Å². The highest BCUT2D eigenvalue weighted by atomic mass is 14.6. The first-order valence-electron chi connectivity index (χ1n) is 13.5. The van der Waals surface area contributed by atoms with Crippen LogP contribution in [-0.4, -0.2) is 0 Å². The van der Waals surface area contributed by atoms with Crippen molar-refractivity contribution in [3.05, 3.63) is 12.2 Å². The monoisotopic (exact) mass is 398 g/mol. The summed E-state index contributed by atoms with van der Waals surface area (Å²) in [4.78, 5) is 0. The Kier molecular flexibility index (Phi) is 6.32. The molecule has 0 amide bonds. The van der Waals surface area contributed by atoms with Gasteiger partial charge in [-0.2, -0.15) is 0 Å². The first-order valence-corrected chi connectivity index (χ1v) is 13.5. The third-order valence-electron chi connectivity index (χ3n) is 11.3. The van der Waals surface area contributed by atoms with E-state index in [1.807, 2.05) is 0 Å². The Labute approximate surface area is 182 Å². The van der Waals surface area contributed by atoms with Gasteiger partial charge in [0, 0.05) is 0 Å². The van der Waals surface area contributed by atoms with Crippen LogP contribution in [0.2, 0.25) is 0 Å². The molecule has 4 rings (SSSR count). The summed E-state index contributed by atoms with van der Waals surface area (Å²) in [6.45, 7) is 15.3. The molecule has 0 aromatic heterocycles. The predicted octanol–water partition coefficient (Wildman–Crippen LogP) is 8.91. The maximum atomic E-state index is 2.75.